The molecule has 15 heavy (non-hydrogen) atoms. The van der Waals surface area contributed by atoms with Crippen LogP contribution in [0, 0.1) is 0 Å². The van der Waals surface area contributed by atoms with Crippen molar-refractivity contribution < 1.29 is 4.74 Å². The number of halogens is 2. The van der Waals surface area contributed by atoms with Crippen LogP contribution in [-0.4, -0.2) is 6.10 Å². The van der Waals surface area contributed by atoms with E-state index in [0.29, 0.717) is 6.10 Å². The Kier molecular flexibility index (Phi) is 5.69. The predicted molar refractivity (Wildman–Crippen MR) is 71.8 cm³/mol. The molecular weight excluding hydrogens is 320 g/mol. The lowest BCUT2D eigenvalue weighted by Gasteiger charge is -2.19. The Hall–Kier alpha value is -0.0200. The third-order valence-electron chi connectivity index (χ3n) is 2.39. The van der Waals surface area contributed by atoms with Gasteiger partial charge in [-0.3, -0.25) is 0 Å². The van der Waals surface area contributed by atoms with E-state index in [0.717, 1.165) is 28.4 Å². The largest absolute Gasteiger partial charge is 0.489 e. The molecule has 1 nitrogen and oxygen atoms in total. The molecule has 3 heteroatoms. The molecule has 1 aromatic carbocycles. The first-order valence-corrected chi connectivity index (χ1v) is 7.14. The van der Waals surface area contributed by atoms with E-state index in [1.54, 1.807) is 0 Å². The molecule has 0 aliphatic carbocycles. The van der Waals surface area contributed by atoms with Crippen molar-refractivity contribution in [3.63, 3.8) is 0 Å². The van der Waals surface area contributed by atoms with E-state index in [9.17, 15) is 0 Å². The van der Waals surface area contributed by atoms with Crippen LogP contribution < -0.4 is 4.74 Å². The van der Waals surface area contributed by atoms with Crippen LogP contribution in [0.25, 0.3) is 0 Å². The summed E-state index contributed by atoms with van der Waals surface area (Å²) >= 11 is 7.00. The molecule has 1 rings (SSSR count). The second-order valence-electron chi connectivity index (χ2n) is 3.42. The zero-order valence-corrected chi connectivity index (χ0v) is 12.3. The molecule has 0 saturated carbocycles. The Bertz CT molecular complexity index is 308. The summed E-state index contributed by atoms with van der Waals surface area (Å²) in [5.74, 6) is 0.975. The molecule has 0 unspecified atom stereocenters. The van der Waals surface area contributed by atoms with Gasteiger partial charge in [0.15, 0.2) is 0 Å². The maximum atomic E-state index is 5.99. The summed E-state index contributed by atoms with van der Waals surface area (Å²) < 4.78 is 7.02. The molecule has 0 amide bonds. The van der Waals surface area contributed by atoms with Gasteiger partial charge < -0.3 is 4.74 Å². The van der Waals surface area contributed by atoms with Crippen molar-refractivity contribution in [2.45, 2.75) is 38.1 Å². The van der Waals surface area contributed by atoms with Crippen LogP contribution in [0.1, 0.15) is 32.3 Å². The maximum Gasteiger partial charge on any atom is 0.137 e. The van der Waals surface area contributed by atoms with Crippen molar-refractivity contribution >= 4 is 31.9 Å². The molecule has 1 aromatic rings. The van der Waals surface area contributed by atoms with E-state index in [2.05, 4.69) is 51.8 Å². The zero-order chi connectivity index (χ0) is 11.3. The van der Waals surface area contributed by atoms with Crippen LogP contribution in [0.15, 0.2) is 22.7 Å². The van der Waals surface area contributed by atoms with Crippen molar-refractivity contribution in [1.29, 1.82) is 0 Å². The van der Waals surface area contributed by atoms with Gasteiger partial charge in [0.2, 0.25) is 0 Å². The van der Waals surface area contributed by atoms with Gasteiger partial charge in [0.05, 0.1) is 10.6 Å². The van der Waals surface area contributed by atoms with Gasteiger partial charge in [-0.1, -0.05) is 41.9 Å². The summed E-state index contributed by atoms with van der Waals surface area (Å²) in [6.45, 7) is 4.30. The van der Waals surface area contributed by atoms with Crippen molar-refractivity contribution in [1.82, 2.24) is 0 Å². The normalized spacial score (nSPS) is 10.7. The molecule has 0 radical (unpaired) electrons. The highest BCUT2D eigenvalue weighted by Gasteiger charge is 2.11. The van der Waals surface area contributed by atoms with Crippen molar-refractivity contribution in [2.75, 3.05) is 0 Å². The molecule has 0 aromatic heterocycles. The van der Waals surface area contributed by atoms with Crippen molar-refractivity contribution in [2.24, 2.45) is 0 Å². The maximum absolute atomic E-state index is 5.99. The molecule has 0 saturated heterocycles. The van der Waals surface area contributed by atoms with Gasteiger partial charge in [-0.15, -0.1) is 0 Å². The van der Waals surface area contributed by atoms with Gasteiger partial charge in [-0.2, -0.15) is 0 Å². The average Bonchev–Trinajstić information content (AvgIpc) is 2.27. The minimum Gasteiger partial charge on any atom is -0.489 e. The molecule has 0 heterocycles. The third kappa shape index (κ3) is 3.49. The molecule has 0 aliphatic rings. The Morgan fingerprint density at radius 2 is 1.93 bits per heavy atom. The van der Waals surface area contributed by atoms with Crippen LogP contribution in [0.2, 0.25) is 0 Å². The highest BCUT2D eigenvalue weighted by Crippen LogP contribution is 2.32. The average molecular weight is 336 g/mol. The molecule has 0 atom stereocenters. The summed E-state index contributed by atoms with van der Waals surface area (Å²) in [6.07, 6.45) is 2.39. The SMILES string of the molecule is CCC(CC)Oc1c(Br)cccc1CBr. The standard InChI is InChI=1S/C12H16Br2O/c1-3-10(4-2)15-12-9(8-13)6-5-7-11(12)14/h5-7,10H,3-4,8H2,1-2H3. The van der Waals surface area contributed by atoms with Crippen LogP contribution in [0.5, 0.6) is 5.75 Å². The van der Waals surface area contributed by atoms with Crippen molar-refractivity contribution in [3.05, 3.63) is 28.2 Å². The molecule has 0 aliphatic heterocycles. The lowest BCUT2D eigenvalue weighted by molar-refractivity contribution is 0.190. The summed E-state index contributed by atoms with van der Waals surface area (Å²) in [5, 5.41) is 0.821. The third-order valence-corrected chi connectivity index (χ3v) is 3.62. The summed E-state index contributed by atoms with van der Waals surface area (Å²) in [4.78, 5) is 0. The number of para-hydroxylation sites is 1. The van der Waals surface area contributed by atoms with Crippen LogP contribution >= 0.6 is 31.9 Å². The number of benzene rings is 1. The molecule has 0 spiro atoms. The Balaban J connectivity index is 2.91. The monoisotopic (exact) mass is 334 g/mol. The van der Waals surface area contributed by atoms with Gasteiger partial charge >= 0.3 is 0 Å². The number of alkyl halides is 1. The zero-order valence-electron chi connectivity index (χ0n) is 9.09. The van der Waals surface area contributed by atoms with E-state index >= 15 is 0 Å². The first kappa shape index (κ1) is 13.0. The van der Waals surface area contributed by atoms with E-state index < -0.39 is 0 Å². The topological polar surface area (TPSA) is 9.23 Å². The van der Waals surface area contributed by atoms with Crippen molar-refractivity contribution in [3.8, 4) is 5.75 Å². The minimum atomic E-state index is 0.307. The van der Waals surface area contributed by atoms with Gasteiger partial charge in [0.25, 0.3) is 0 Å². The predicted octanol–water partition coefficient (Wildman–Crippen LogP) is 4.91. The van der Waals surface area contributed by atoms with Gasteiger partial charge in [-0.05, 0) is 34.8 Å². The molecular formula is C12H16Br2O. The number of rotatable bonds is 5. The molecule has 84 valence electrons. The quantitative estimate of drug-likeness (QED) is 0.694. The highest BCUT2D eigenvalue weighted by molar-refractivity contribution is 9.10. The number of ether oxygens (including phenoxy) is 1. The molecule has 0 bridgehead atoms. The summed E-state index contributed by atoms with van der Waals surface area (Å²) in [6, 6.07) is 6.13. The van der Waals surface area contributed by atoms with Gasteiger partial charge in [0, 0.05) is 10.9 Å². The van der Waals surface area contributed by atoms with E-state index in [-0.39, 0.29) is 0 Å². The minimum absolute atomic E-state index is 0.307. The Labute approximate surface area is 108 Å². The first-order valence-electron chi connectivity index (χ1n) is 5.22. The first-order chi connectivity index (χ1) is 7.22. The van der Waals surface area contributed by atoms with E-state index in [1.165, 1.54) is 5.56 Å². The van der Waals surface area contributed by atoms with E-state index in [4.69, 9.17) is 4.74 Å². The molecule has 0 fully saturated rings. The second kappa shape index (κ2) is 6.54. The fourth-order valence-electron chi connectivity index (χ4n) is 1.41. The Morgan fingerprint density at radius 3 is 2.47 bits per heavy atom. The lowest BCUT2D eigenvalue weighted by atomic mass is 10.2. The molecule has 0 N–H and O–H groups in total. The van der Waals surface area contributed by atoms with Gasteiger partial charge in [0.1, 0.15) is 5.75 Å². The van der Waals surface area contributed by atoms with Gasteiger partial charge in [-0.25, -0.2) is 0 Å². The smallest absolute Gasteiger partial charge is 0.137 e. The van der Waals surface area contributed by atoms with Crippen LogP contribution in [0.3, 0.4) is 0 Å². The van der Waals surface area contributed by atoms with E-state index in [1.807, 2.05) is 12.1 Å². The fraction of sp³-hybridized carbons (Fsp3) is 0.500. The van der Waals surface area contributed by atoms with Crippen LogP contribution in [-0.2, 0) is 5.33 Å². The number of hydrogen-bond donors (Lipinski definition) is 0. The number of hydrogen-bond acceptors (Lipinski definition) is 1. The van der Waals surface area contributed by atoms with Crippen LogP contribution in [0.4, 0.5) is 0 Å². The summed E-state index contributed by atoms with van der Waals surface area (Å²) in [5.41, 5.74) is 1.19. The second-order valence-corrected chi connectivity index (χ2v) is 4.83. The summed E-state index contributed by atoms with van der Waals surface area (Å²) in [7, 11) is 0. The Morgan fingerprint density at radius 1 is 1.27 bits per heavy atom. The lowest BCUT2D eigenvalue weighted by Crippen LogP contribution is -2.14. The fourth-order valence-corrected chi connectivity index (χ4v) is 2.35. The highest BCUT2D eigenvalue weighted by atomic mass is 79.9.